The number of carbonyl (C=O) groups excluding carboxylic acids is 1. The number of aryl methyl sites for hydroxylation is 1. The molecule has 1 heterocycles. The summed E-state index contributed by atoms with van der Waals surface area (Å²) < 4.78 is 38.4. The van der Waals surface area contributed by atoms with Crippen LogP contribution in [0.2, 0.25) is 0 Å². The summed E-state index contributed by atoms with van der Waals surface area (Å²) in [7, 11) is 0. The van der Waals surface area contributed by atoms with Gasteiger partial charge in [-0.2, -0.15) is 13.2 Å². The van der Waals surface area contributed by atoms with Crippen molar-refractivity contribution < 1.29 is 18.0 Å². The van der Waals surface area contributed by atoms with Gasteiger partial charge in [0.2, 0.25) is 0 Å². The van der Waals surface area contributed by atoms with Gasteiger partial charge in [0.15, 0.2) is 0 Å². The van der Waals surface area contributed by atoms with Crippen LogP contribution in [-0.2, 0) is 0 Å². The van der Waals surface area contributed by atoms with Crippen LogP contribution in [0.5, 0.6) is 0 Å². The van der Waals surface area contributed by atoms with Crippen LogP contribution in [0.3, 0.4) is 0 Å². The summed E-state index contributed by atoms with van der Waals surface area (Å²) in [5.41, 5.74) is 0.777. The Balaban J connectivity index is 2.17. The highest BCUT2D eigenvalue weighted by Crippen LogP contribution is 2.30. The van der Waals surface area contributed by atoms with E-state index in [-0.39, 0.29) is 25.4 Å². The van der Waals surface area contributed by atoms with E-state index in [0.717, 1.165) is 16.1 Å². The first-order valence-electron chi connectivity index (χ1n) is 6.10. The quantitative estimate of drug-likeness (QED) is 0.700. The Kier molecular flexibility index (Phi) is 4.22. The fourth-order valence-corrected chi connectivity index (χ4v) is 2.47. The minimum atomic E-state index is -4.29. The van der Waals surface area contributed by atoms with Gasteiger partial charge in [-0.1, -0.05) is 28.1 Å². The molecule has 1 amide bonds. The average Bonchev–Trinajstić information content (AvgIpc) is 2.40. The minimum absolute atomic E-state index is 0.000367. The largest absolute Gasteiger partial charge is 0.412 e. The Bertz CT molecular complexity index is 566. The van der Waals surface area contributed by atoms with Gasteiger partial charge in [0.25, 0.3) is 5.91 Å². The van der Waals surface area contributed by atoms with Crippen molar-refractivity contribution in [2.24, 2.45) is 0 Å². The highest BCUT2D eigenvalue weighted by molar-refractivity contribution is 9.10. The molecular weight excluding hydrogens is 335 g/mol. The molecule has 1 aliphatic heterocycles. The van der Waals surface area contributed by atoms with Crippen molar-refractivity contribution in [3.63, 3.8) is 0 Å². The van der Waals surface area contributed by atoms with Crippen molar-refractivity contribution in [3.05, 3.63) is 45.4 Å². The first-order chi connectivity index (χ1) is 9.29. The average molecular weight is 348 g/mol. The molecule has 0 radical (unpaired) electrons. The first kappa shape index (κ1) is 15.1. The van der Waals surface area contributed by atoms with E-state index in [1.54, 1.807) is 19.1 Å². The molecule has 0 N–H and O–H groups in total. The predicted molar refractivity (Wildman–Crippen MR) is 73.5 cm³/mol. The molecule has 0 aliphatic carbocycles. The zero-order valence-corrected chi connectivity index (χ0v) is 12.4. The molecule has 0 spiro atoms. The molecule has 0 aromatic heterocycles. The molecule has 0 atom stereocenters. The fourth-order valence-electron chi connectivity index (χ4n) is 2.11. The van der Waals surface area contributed by atoms with Crippen LogP contribution >= 0.6 is 15.9 Å². The molecule has 2 rings (SSSR count). The van der Waals surface area contributed by atoms with E-state index in [0.29, 0.717) is 5.56 Å². The Morgan fingerprint density at radius 3 is 2.60 bits per heavy atom. The lowest BCUT2D eigenvalue weighted by atomic mass is 10.0. The van der Waals surface area contributed by atoms with Gasteiger partial charge in [-0.25, -0.2) is 0 Å². The molecule has 2 nitrogen and oxygen atoms in total. The van der Waals surface area contributed by atoms with E-state index in [1.165, 1.54) is 4.90 Å². The Labute approximate surface area is 123 Å². The van der Waals surface area contributed by atoms with Gasteiger partial charge < -0.3 is 4.90 Å². The van der Waals surface area contributed by atoms with Gasteiger partial charge >= 0.3 is 6.18 Å². The van der Waals surface area contributed by atoms with Gasteiger partial charge in [-0.05, 0) is 31.0 Å². The monoisotopic (exact) mass is 347 g/mol. The molecule has 0 bridgehead atoms. The van der Waals surface area contributed by atoms with Crippen LogP contribution in [0.25, 0.3) is 0 Å². The SMILES string of the molecule is Cc1ccc(Br)cc1C(=O)N1CC=C(C(F)(F)F)CC1. The number of nitrogens with zero attached hydrogens (tertiary/aromatic N) is 1. The van der Waals surface area contributed by atoms with Gasteiger partial charge in [-0.3, -0.25) is 4.79 Å². The zero-order valence-electron chi connectivity index (χ0n) is 10.8. The number of halogens is 4. The summed E-state index contributed by atoms with van der Waals surface area (Å²) in [6, 6.07) is 5.32. The van der Waals surface area contributed by atoms with Crippen molar-refractivity contribution >= 4 is 21.8 Å². The van der Waals surface area contributed by atoms with Crippen molar-refractivity contribution in [2.45, 2.75) is 19.5 Å². The zero-order chi connectivity index (χ0) is 14.9. The van der Waals surface area contributed by atoms with Crippen LogP contribution < -0.4 is 0 Å². The van der Waals surface area contributed by atoms with Crippen LogP contribution in [0.1, 0.15) is 22.3 Å². The first-order valence-corrected chi connectivity index (χ1v) is 6.90. The van der Waals surface area contributed by atoms with Crippen molar-refractivity contribution in [3.8, 4) is 0 Å². The highest BCUT2D eigenvalue weighted by atomic mass is 79.9. The number of benzene rings is 1. The minimum Gasteiger partial charge on any atom is -0.335 e. The third-order valence-electron chi connectivity index (χ3n) is 3.29. The maximum absolute atomic E-state index is 12.5. The predicted octanol–water partition coefficient (Wildman–Crippen LogP) is 4.09. The molecule has 20 heavy (non-hydrogen) atoms. The molecule has 0 saturated heterocycles. The summed E-state index contributed by atoms with van der Waals surface area (Å²) >= 11 is 3.29. The number of rotatable bonds is 1. The highest BCUT2D eigenvalue weighted by Gasteiger charge is 2.35. The van der Waals surface area contributed by atoms with E-state index in [9.17, 15) is 18.0 Å². The lowest BCUT2D eigenvalue weighted by Crippen LogP contribution is -2.37. The van der Waals surface area contributed by atoms with Gasteiger partial charge in [-0.15, -0.1) is 0 Å². The lowest BCUT2D eigenvalue weighted by molar-refractivity contribution is -0.0957. The molecule has 0 unspecified atom stereocenters. The fraction of sp³-hybridized carbons (Fsp3) is 0.357. The summed E-state index contributed by atoms with van der Waals surface area (Å²) in [5, 5.41) is 0. The molecule has 6 heteroatoms. The molecule has 0 saturated carbocycles. The topological polar surface area (TPSA) is 20.3 Å². The molecular formula is C14H13BrF3NO. The van der Waals surface area contributed by atoms with E-state index in [2.05, 4.69) is 15.9 Å². The van der Waals surface area contributed by atoms with Crippen molar-refractivity contribution in [2.75, 3.05) is 13.1 Å². The van der Waals surface area contributed by atoms with E-state index < -0.39 is 11.7 Å². The van der Waals surface area contributed by atoms with Crippen LogP contribution in [-0.4, -0.2) is 30.1 Å². The molecule has 108 valence electrons. The van der Waals surface area contributed by atoms with Crippen molar-refractivity contribution in [1.82, 2.24) is 4.90 Å². The van der Waals surface area contributed by atoms with E-state index in [1.807, 2.05) is 6.07 Å². The molecule has 1 aromatic carbocycles. The number of alkyl halides is 3. The maximum Gasteiger partial charge on any atom is 0.412 e. The van der Waals surface area contributed by atoms with Gasteiger partial charge in [0.05, 0.1) is 0 Å². The van der Waals surface area contributed by atoms with Crippen LogP contribution in [0.4, 0.5) is 13.2 Å². The smallest absolute Gasteiger partial charge is 0.335 e. The van der Waals surface area contributed by atoms with Gasteiger partial charge in [0, 0.05) is 28.7 Å². The van der Waals surface area contributed by atoms with Gasteiger partial charge in [0.1, 0.15) is 0 Å². The molecule has 1 aliphatic rings. The summed E-state index contributed by atoms with van der Waals surface area (Å²) in [4.78, 5) is 13.8. The number of amides is 1. The third kappa shape index (κ3) is 3.23. The van der Waals surface area contributed by atoms with E-state index >= 15 is 0 Å². The lowest BCUT2D eigenvalue weighted by Gasteiger charge is -2.27. The van der Waals surface area contributed by atoms with Crippen LogP contribution in [0.15, 0.2) is 34.3 Å². The molecule has 0 fully saturated rings. The number of hydrogen-bond acceptors (Lipinski definition) is 1. The normalized spacial score (nSPS) is 16.1. The second-order valence-corrected chi connectivity index (χ2v) is 5.60. The third-order valence-corrected chi connectivity index (χ3v) is 3.78. The Hall–Kier alpha value is -1.30. The summed E-state index contributed by atoms with van der Waals surface area (Å²) in [6.07, 6.45) is -3.35. The second kappa shape index (κ2) is 5.60. The van der Waals surface area contributed by atoms with Crippen molar-refractivity contribution in [1.29, 1.82) is 0 Å². The second-order valence-electron chi connectivity index (χ2n) is 4.69. The number of hydrogen-bond donors (Lipinski definition) is 0. The van der Waals surface area contributed by atoms with E-state index in [4.69, 9.17) is 0 Å². The maximum atomic E-state index is 12.5. The van der Waals surface area contributed by atoms with Crippen LogP contribution in [0, 0.1) is 6.92 Å². The standard InChI is InChI=1S/C14H13BrF3NO/c1-9-2-3-11(15)8-12(9)13(20)19-6-4-10(5-7-19)14(16,17)18/h2-4,8H,5-7H2,1H3. The summed E-state index contributed by atoms with van der Waals surface area (Å²) in [6.45, 7) is 1.90. The molecule has 1 aromatic rings. The summed E-state index contributed by atoms with van der Waals surface area (Å²) in [5.74, 6) is -0.235. The Morgan fingerprint density at radius 2 is 2.05 bits per heavy atom. The number of carbonyl (C=O) groups is 1. The Morgan fingerprint density at radius 1 is 1.35 bits per heavy atom.